The second-order valence-corrected chi connectivity index (χ2v) is 7.66. The first-order chi connectivity index (χ1) is 15.6. The number of nitrogens with zero attached hydrogens (tertiary/aromatic N) is 2. The summed E-state index contributed by atoms with van der Waals surface area (Å²) < 4.78 is 22.8. The number of para-hydroxylation sites is 1. The fourth-order valence-electron chi connectivity index (χ4n) is 4.30. The third-order valence-electron chi connectivity index (χ3n) is 5.89. The van der Waals surface area contributed by atoms with Crippen LogP contribution < -0.4 is 18.9 Å². The van der Waals surface area contributed by atoms with E-state index in [2.05, 4.69) is 0 Å². The number of rotatable bonds is 5. The number of phenolic OH excluding ortho intramolecular Hbond substituents is 1. The molecule has 164 valence electrons. The minimum Gasteiger partial charge on any atom is -0.507 e. The molecule has 0 saturated carbocycles. The van der Waals surface area contributed by atoms with Crippen molar-refractivity contribution in [3.63, 3.8) is 0 Å². The molecule has 2 heterocycles. The lowest BCUT2D eigenvalue weighted by molar-refractivity contribution is -0.0210. The Hall–Kier alpha value is -3.87. The molecule has 2 aliphatic heterocycles. The number of benzene rings is 3. The molecule has 3 aromatic rings. The lowest BCUT2D eigenvalue weighted by Gasteiger charge is -2.38. The van der Waals surface area contributed by atoms with Gasteiger partial charge in [-0.25, -0.2) is 5.01 Å². The summed E-state index contributed by atoms with van der Waals surface area (Å²) in [7, 11) is 4.88. The summed E-state index contributed by atoms with van der Waals surface area (Å²) in [4.78, 5) is 0. The molecule has 2 aliphatic rings. The largest absolute Gasteiger partial charge is 0.507 e. The van der Waals surface area contributed by atoms with Crippen LogP contribution in [-0.4, -0.2) is 37.2 Å². The van der Waals surface area contributed by atoms with Gasteiger partial charge in [0.05, 0.1) is 33.1 Å². The Bertz CT molecular complexity index is 1190. The smallest absolute Gasteiger partial charge is 0.214 e. The molecule has 0 saturated heterocycles. The predicted molar refractivity (Wildman–Crippen MR) is 120 cm³/mol. The first-order valence-electron chi connectivity index (χ1n) is 10.3. The summed E-state index contributed by atoms with van der Waals surface area (Å²) in [6.07, 6.45) is 0.120. The van der Waals surface area contributed by atoms with Crippen molar-refractivity contribution in [1.82, 2.24) is 5.01 Å². The Kier molecular flexibility index (Phi) is 5.01. The van der Waals surface area contributed by atoms with E-state index in [9.17, 15) is 5.11 Å². The van der Waals surface area contributed by atoms with Crippen LogP contribution in [0.15, 0.2) is 65.8 Å². The zero-order chi connectivity index (χ0) is 22.2. The first kappa shape index (κ1) is 20.1. The van der Waals surface area contributed by atoms with Crippen LogP contribution >= 0.6 is 0 Å². The van der Waals surface area contributed by atoms with E-state index in [4.69, 9.17) is 24.0 Å². The standard InChI is InChI=1S/C25H24N2O5/c1-29-16-7-4-6-15(12-16)25-27-21(18-8-5-9-23(31-3)24(18)32-25)14-20(26-27)19-13-17(30-2)10-11-22(19)28/h4-13,21,25,28H,14H2,1-3H3/t21-,25-/m1/s1. The monoisotopic (exact) mass is 432 g/mol. The molecule has 2 atom stereocenters. The Labute approximate surface area is 186 Å². The number of aromatic hydroxyl groups is 1. The third-order valence-corrected chi connectivity index (χ3v) is 5.89. The van der Waals surface area contributed by atoms with Gasteiger partial charge in [-0.15, -0.1) is 0 Å². The van der Waals surface area contributed by atoms with Gasteiger partial charge in [-0.2, -0.15) is 5.10 Å². The number of hydrogen-bond acceptors (Lipinski definition) is 7. The summed E-state index contributed by atoms with van der Waals surface area (Å²) in [5.41, 5.74) is 3.31. The van der Waals surface area contributed by atoms with Crippen molar-refractivity contribution in [2.75, 3.05) is 21.3 Å². The molecule has 5 rings (SSSR count). The predicted octanol–water partition coefficient (Wildman–Crippen LogP) is 4.66. The summed E-state index contributed by atoms with van der Waals surface area (Å²) in [5, 5.41) is 17.4. The lowest BCUT2D eigenvalue weighted by atomic mass is 9.95. The SMILES string of the molecule is COc1cccc([C@H]2Oc3c(OC)cccc3[C@H]3CC(c4cc(OC)ccc4O)=NN32)c1. The lowest BCUT2D eigenvalue weighted by Crippen LogP contribution is -2.33. The van der Waals surface area contributed by atoms with Crippen LogP contribution in [0.4, 0.5) is 0 Å². The van der Waals surface area contributed by atoms with Crippen molar-refractivity contribution in [3.8, 4) is 28.7 Å². The molecule has 0 radical (unpaired) electrons. The molecule has 7 heteroatoms. The second kappa shape index (κ2) is 8.00. The molecule has 0 unspecified atom stereocenters. The molecule has 1 N–H and O–H groups in total. The molecule has 0 fully saturated rings. The van der Waals surface area contributed by atoms with E-state index in [1.165, 1.54) is 0 Å². The van der Waals surface area contributed by atoms with Gasteiger partial charge in [0.2, 0.25) is 6.23 Å². The summed E-state index contributed by atoms with van der Waals surface area (Å²) in [6, 6.07) is 18.7. The van der Waals surface area contributed by atoms with Gasteiger partial charge < -0.3 is 24.1 Å². The van der Waals surface area contributed by atoms with Crippen molar-refractivity contribution < 1.29 is 24.1 Å². The summed E-state index contributed by atoms with van der Waals surface area (Å²) in [6.45, 7) is 0. The quantitative estimate of drug-likeness (QED) is 0.632. The van der Waals surface area contributed by atoms with Crippen molar-refractivity contribution in [3.05, 3.63) is 77.4 Å². The topological polar surface area (TPSA) is 72.8 Å². The molecule has 0 amide bonds. The number of ether oxygens (including phenoxy) is 4. The highest BCUT2D eigenvalue weighted by molar-refractivity contribution is 6.04. The van der Waals surface area contributed by atoms with E-state index in [1.807, 2.05) is 47.5 Å². The highest BCUT2D eigenvalue weighted by atomic mass is 16.5. The van der Waals surface area contributed by atoms with Gasteiger partial charge >= 0.3 is 0 Å². The van der Waals surface area contributed by atoms with Crippen molar-refractivity contribution in [2.24, 2.45) is 5.10 Å². The third kappa shape index (κ3) is 3.26. The Balaban J connectivity index is 1.63. The van der Waals surface area contributed by atoms with Gasteiger partial charge in [-0.1, -0.05) is 24.3 Å². The average molecular weight is 432 g/mol. The van der Waals surface area contributed by atoms with Crippen LogP contribution in [0.25, 0.3) is 0 Å². The zero-order valence-electron chi connectivity index (χ0n) is 18.1. The van der Waals surface area contributed by atoms with Crippen molar-refractivity contribution in [2.45, 2.75) is 18.7 Å². The fraction of sp³-hybridized carbons (Fsp3) is 0.240. The van der Waals surface area contributed by atoms with Gasteiger partial charge in [-0.3, -0.25) is 0 Å². The highest BCUT2D eigenvalue weighted by Gasteiger charge is 2.42. The van der Waals surface area contributed by atoms with E-state index in [0.717, 1.165) is 22.6 Å². The first-order valence-corrected chi connectivity index (χ1v) is 10.3. The molecule has 0 aromatic heterocycles. The van der Waals surface area contributed by atoms with Gasteiger partial charge in [0.25, 0.3) is 0 Å². The fourth-order valence-corrected chi connectivity index (χ4v) is 4.30. The molecule has 32 heavy (non-hydrogen) atoms. The second-order valence-electron chi connectivity index (χ2n) is 7.66. The number of methoxy groups -OCH3 is 3. The van der Waals surface area contributed by atoms with Crippen molar-refractivity contribution >= 4 is 5.71 Å². The highest BCUT2D eigenvalue weighted by Crippen LogP contribution is 2.51. The molecule has 0 aliphatic carbocycles. The van der Waals surface area contributed by atoms with E-state index in [1.54, 1.807) is 39.5 Å². The van der Waals surface area contributed by atoms with E-state index >= 15 is 0 Å². The van der Waals surface area contributed by atoms with E-state index < -0.39 is 6.23 Å². The molecule has 7 nitrogen and oxygen atoms in total. The molecular weight excluding hydrogens is 408 g/mol. The maximum absolute atomic E-state index is 10.5. The van der Waals surface area contributed by atoms with E-state index in [0.29, 0.717) is 29.2 Å². The molecule has 3 aromatic carbocycles. The van der Waals surface area contributed by atoms with E-state index in [-0.39, 0.29) is 11.8 Å². The average Bonchev–Trinajstić information content (AvgIpc) is 3.29. The minimum absolute atomic E-state index is 0.0781. The molecule has 0 bridgehead atoms. The van der Waals surface area contributed by atoms with Crippen LogP contribution in [0.2, 0.25) is 0 Å². The van der Waals surface area contributed by atoms with Gasteiger partial charge in [-0.05, 0) is 36.4 Å². The number of fused-ring (bicyclic) bond motifs is 3. The van der Waals surface area contributed by atoms with Crippen LogP contribution in [-0.2, 0) is 0 Å². The normalized spacial score (nSPS) is 18.8. The van der Waals surface area contributed by atoms with Crippen molar-refractivity contribution in [1.29, 1.82) is 0 Å². The van der Waals surface area contributed by atoms with Crippen LogP contribution in [0.1, 0.15) is 35.4 Å². The molecule has 0 spiro atoms. The number of hydrogen-bond donors (Lipinski definition) is 1. The number of phenols is 1. The Morgan fingerprint density at radius 2 is 1.72 bits per heavy atom. The summed E-state index contributed by atoms with van der Waals surface area (Å²) in [5.74, 6) is 2.94. The number of hydrazone groups is 1. The van der Waals surface area contributed by atoms with Gasteiger partial charge in [0.15, 0.2) is 11.5 Å². The van der Waals surface area contributed by atoms with Gasteiger partial charge in [0.1, 0.15) is 17.2 Å². The van der Waals surface area contributed by atoms with Crippen LogP contribution in [0.3, 0.4) is 0 Å². The van der Waals surface area contributed by atoms with Gasteiger partial charge in [0, 0.05) is 23.1 Å². The zero-order valence-corrected chi connectivity index (χ0v) is 18.1. The Morgan fingerprint density at radius 1 is 0.938 bits per heavy atom. The summed E-state index contributed by atoms with van der Waals surface area (Å²) >= 11 is 0. The van der Waals surface area contributed by atoms with Crippen LogP contribution in [0, 0.1) is 0 Å². The maximum atomic E-state index is 10.5. The molecular formula is C25H24N2O5. The van der Waals surface area contributed by atoms with Crippen LogP contribution in [0.5, 0.6) is 28.7 Å². The maximum Gasteiger partial charge on any atom is 0.214 e. The minimum atomic E-state index is -0.482. The Morgan fingerprint density at radius 3 is 2.50 bits per heavy atom.